The number of carbonyl (C=O) groups is 1. The van der Waals surface area contributed by atoms with Crippen LogP contribution in [0.5, 0.6) is 5.75 Å². The second-order valence-corrected chi connectivity index (χ2v) is 5.57. The van der Waals surface area contributed by atoms with Crippen molar-refractivity contribution in [1.82, 2.24) is 0 Å². The topological polar surface area (TPSA) is 64.3 Å². The lowest BCUT2D eigenvalue weighted by Crippen LogP contribution is -2.24. The van der Waals surface area contributed by atoms with Gasteiger partial charge in [0.25, 0.3) is 5.91 Å². The molecule has 8 heteroatoms. The molecule has 1 atom stereocenters. The molecular formula is C16H14Cl2F2N2O2. The molecule has 24 heavy (non-hydrogen) atoms. The van der Waals surface area contributed by atoms with Crippen LogP contribution in [0.2, 0.25) is 5.02 Å². The van der Waals surface area contributed by atoms with E-state index in [1.54, 1.807) is 0 Å². The molecule has 0 bridgehead atoms. The fourth-order valence-corrected chi connectivity index (χ4v) is 2.63. The second kappa shape index (κ2) is 7.34. The molecule has 1 aliphatic heterocycles. The Morgan fingerprint density at radius 1 is 1.25 bits per heavy atom. The van der Waals surface area contributed by atoms with Gasteiger partial charge in [-0.25, -0.2) is 8.78 Å². The van der Waals surface area contributed by atoms with Crippen LogP contribution in [-0.2, 0) is 0 Å². The number of halogens is 4. The zero-order valence-corrected chi connectivity index (χ0v) is 13.9. The summed E-state index contributed by atoms with van der Waals surface area (Å²) < 4.78 is 32.7. The van der Waals surface area contributed by atoms with Gasteiger partial charge in [0.15, 0.2) is 0 Å². The lowest BCUT2D eigenvalue weighted by Gasteiger charge is -2.25. The van der Waals surface area contributed by atoms with Crippen LogP contribution in [0, 0.1) is 11.6 Å². The highest BCUT2D eigenvalue weighted by atomic mass is 35.5. The summed E-state index contributed by atoms with van der Waals surface area (Å²) in [5, 5.41) is 2.34. The number of ether oxygens (including phenoxy) is 1. The largest absolute Gasteiger partial charge is 0.492 e. The van der Waals surface area contributed by atoms with Gasteiger partial charge in [-0.3, -0.25) is 4.79 Å². The van der Waals surface area contributed by atoms with Gasteiger partial charge in [-0.05, 0) is 24.3 Å². The number of nitrogens with one attached hydrogen (secondary N) is 1. The molecule has 0 spiro atoms. The van der Waals surface area contributed by atoms with Crippen molar-refractivity contribution in [3.63, 3.8) is 0 Å². The number of carbonyl (C=O) groups excluding carboxylic acids is 1. The van der Waals surface area contributed by atoms with Crippen molar-refractivity contribution in [2.75, 3.05) is 11.9 Å². The third-order valence-electron chi connectivity index (χ3n) is 3.62. The highest BCUT2D eigenvalue weighted by Crippen LogP contribution is 2.35. The molecule has 1 aliphatic rings. The van der Waals surface area contributed by atoms with Crippen LogP contribution in [0.4, 0.5) is 14.5 Å². The Hall–Kier alpha value is -1.89. The first-order valence-corrected chi connectivity index (χ1v) is 7.32. The van der Waals surface area contributed by atoms with E-state index in [0.717, 1.165) is 6.07 Å². The summed E-state index contributed by atoms with van der Waals surface area (Å²) in [6.07, 6.45) is 0.591. The smallest absolute Gasteiger partial charge is 0.262 e. The van der Waals surface area contributed by atoms with Gasteiger partial charge in [0.05, 0.1) is 11.6 Å². The fourth-order valence-electron chi connectivity index (χ4n) is 2.44. The number of hydrogen-bond donors (Lipinski definition) is 2. The van der Waals surface area contributed by atoms with E-state index < -0.39 is 17.5 Å². The molecule has 0 fully saturated rings. The van der Waals surface area contributed by atoms with Crippen LogP contribution in [0.15, 0.2) is 30.3 Å². The summed E-state index contributed by atoms with van der Waals surface area (Å²) in [6.45, 7) is 0.306. The molecule has 1 heterocycles. The van der Waals surface area contributed by atoms with E-state index in [0.29, 0.717) is 18.6 Å². The summed E-state index contributed by atoms with van der Waals surface area (Å²) in [6, 6.07) is 6.07. The summed E-state index contributed by atoms with van der Waals surface area (Å²) in [4.78, 5) is 12.4. The minimum absolute atomic E-state index is 0. The molecule has 2 aromatic rings. The second-order valence-electron chi connectivity index (χ2n) is 5.17. The number of nitrogens with two attached hydrogens (primary N) is 1. The van der Waals surface area contributed by atoms with Gasteiger partial charge >= 0.3 is 0 Å². The van der Waals surface area contributed by atoms with Crippen molar-refractivity contribution < 1.29 is 18.3 Å². The molecule has 1 unspecified atom stereocenters. The highest BCUT2D eigenvalue weighted by molar-refractivity contribution is 6.31. The normalized spacial score (nSPS) is 15.8. The van der Waals surface area contributed by atoms with E-state index in [1.165, 1.54) is 24.3 Å². The summed E-state index contributed by atoms with van der Waals surface area (Å²) in [7, 11) is 0. The number of benzene rings is 2. The molecule has 0 aliphatic carbocycles. The molecular weight excluding hydrogens is 361 g/mol. The maximum Gasteiger partial charge on any atom is 0.262 e. The van der Waals surface area contributed by atoms with Gasteiger partial charge in [-0.15, -0.1) is 12.4 Å². The maximum atomic E-state index is 14.1. The zero-order chi connectivity index (χ0) is 16.6. The minimum atomic E-state index is -0.719. The van der Waals surface area contributed by atoms with Gasteiger partial charge in [-0.2, -0.15) is 0 Å². The van der Waals surface area contributed by atoms with E-state index >= 15 is 0 Å². The van der Waals surface area contributed by atoms with Crippen molar-refractivity contribution in [2.45, 2.75) is 12.5 Å². The number of amides is 1. The molecule has 0 aromatic heterocycles. The standard InChI is InChI=1S/C16H13ClF2N2O2.ClH/c17-10-7-8(1-3-11(10)18)21-16(22)14-12(19)4-2-9-13(20)5-6-23-15(9)14;/h1-4,7,13H,5-6,20H2,(H,21,22);1H. The van der Waals surface area contributed by atoms with Crippen molar-refractivity contribution in [3.05, 3.63) is 58.1 Å². The molecule has 0 saturated heterocycles. The fraction of sp³-hybridized carbons (Fsp3) is 0.188. The van der Waals surface area contributed by atoms with Gasteiger partial charge < -0.3 is 15.8 Å². The van der Waals surface area contributed by atoms with Crippen molar-refractivity contribution in [1.29, 1.82) is 0 Å². The average molecular weight is 375 g/mol. The number of rotatable bonds is 2. The van der Waals surface area contributed by atoms with Crippen molar-refractivity contribution >= 4 is 35.6 Å². The Bertz CT molecular complexity index is 787. The van der Waals surface area contributed by atoms with Crippen LogP contribution in [-0.4, -0.2) is 12.5 Å². The predicted octanol–water partition coefficient (Wildman–Crippen LogP) is 4.07. The average Bonchev–Trinajstić information content (AvgIpc) is 2.51. The number of anilines is 1. The Morgan fingerprint density at radius 3 is 2.67 bits per heavy atom. The Morgan fingerprint density at radius 2 is 1.96 bits per heavy atom. The van der Waals surface area contributed by atoms with E-state index in [2.05, 4.69) is 5.32 Å². The highest BCUT2D eigenvalue weighted by Gasteiger charge is 2.27. The molecule has 4 nitrogen and oxygen atoms in total. The molecule has 1 amide bonds. The van der Waals surface area contributed by atoms with E-state index in [1.807, 2.05) is 0 Å². The van der Waals surface area contributed by atoms with Crippen molar-refractivity contribution in [3.8, 4) is 5.75 Å². The zero-order valence-electron chi connectivity index (χ0n) is 12.3. The lowest BCUT2D eigenvalue weighted by molar-refractivity contribution is 0.101. The van der Waals surface area contributed by atoms with E-state index in [-0.39, 0.29) is 40.5 Å². The summed E-state index contributed by atoms with van der Waals surface area (Å²) in [5.74, 6) is -1.89. The third kappa shape index (κ3) is 3.45. The SMILES string of the molecule is Cl.NC1CCOc2c1ccc(F)c2C(=O)Nc1ccc(F)c(Cl)c1. The molecule has 3 N–H and O–H groups in total. The van der Waals surface area contributed by atoms with E-state index in [9.17, 15) is 13.6 Å². The number of fused-ring (bicyclic) bond motifs is 1. The first kappa shape index (κ1) is 18.4. The summed E-state index contributed by atoms with van der Waals surface area (Å²) >= 11 is 5.67. The van der Waals surface area contributed by atoms with Gasteiger partial charge in [0.1, 0.15) is 22.9 Å². The van der Waals surface area contributed by atoms with Gasteiger partial charge in [0.2, 0.25) is 0 Å². The first-order valence-electron chi connectivity index (χ1n) is 6.94. The lowest BCUT2D eigenvalue weighted by atomic mass is 9.97. The Balaban J connectivity index is 0.00000208. The monoisotopic (exact) mass is 374 g/mol. The van der Waals surface area contributed by atoms with Crippen LogP contribution in [0.3, 0.4) is 0 Å². The van der Waals surface area contributed by atoms with Crippen LogP contribution in [0.1, 0.15) is 28.4 Å². The predicted molar refractivity (Wildman–Crippen MR) is 90.1 cm³/mol. The molecule has 3 rings (SSSR count). The Labute approximate surface area is 148 Å². The Kier molecular flexibility index (Phi) is 5.64. The van der Waals surface area contributed by atoms with Crippen LogP contribution < -0.4 is 15.8 Å². The molecule has 128 valence electrons. The van der Waals surface area contributed by atoms with Gasteiger partial charge in [0, 0.05) is 23.7 Å². The quantitative estimate of drug-likeness (QED) is 0.832. The summed E-state index contributed by atoms with van der Waals surface area (Å²) in [5.41, 5.74) is 6.57. The molecule has 0 radical (unpaired) electrons. The molecule has 0 saturated carbocycles. The third-order valence-corrected chi connectivity index (χ3v) is 3.91. The van der Waals surface area contributed by atoms with Gasteiger partial charge in [-0.1, -0.05) is 17.7 Å². The number of hydrogen-bond acceptors (Lipinski definition) is 3. The van der Waals surface area contributed by atoms with Crippen molar-refractivity contribution in [2.24, 2.45) is 5.73 Å². The maximum absolute atomic E-state index is 14.1. The van der Waals surface area contributed by atoms with Crippen LogP contribution >= 0.6 is 24.0 Å². The van der Waals surface area contributed by atoms with E-state index in [4.69, 9.17) is 22.1 Å². The molecule has 2 aromatic carbocycles. The van der Waals surface area contributed by atoms with Crippen LogP contribution in [0.25, 0.3) is 0 Å². The minimum Gasteiger partial charge on any atom is -0.492 e. The first-order chi connectivity index (χ1) is 11.0.